The minimum atomic E-state index is -1.93. The highest BCUT2D eigenvalue weighted by atomic mass is 35.5. The number of nitrogens with one attached hydrogen (secondary N) is 1. The summed E-state index contributed by atoms with van der Waals surface area (Å²) in [6.45, 7) is 7.38. The fraction of sp³-hybridized carbons (Fsp3) is 0.478. The topological polar surface area (TPSA) is 105 Å². The first-order valence-corrected chi connectivity index (χ1v) is 14.3. The molecule has 0 radical (unpaired) electrons. The molecule has 34 heavy (non-hydrogen) atoms. The van der Waals surface area contributed by atoms with Crippen molar-refractivity contribution in [1.29, 1.82) is 5.26 Å². The van der Waals surface area contributed by atoms with E-state index in [1.165, 1.54) is 6.20 Å². The van der Waals surface area contributed by atoms with Gasteiger partial charge in [0.2, 0.25) is 0 Å². The molecule has 2 saturated heterocycles. The second-order valence-electron chi connectivity index (χ2n) is 8.82. The van der Waals surface area contributed by atoms with E-state index < -0.39 is 7.14 Å². The zero-order valence-electron chi connectivity index (χ0n) is 19.3. The summed E-state index contributed by atoms with van der Waals surface area (Å²) in [6.07, 6.45) is 4.67. The Labute approximate surface area is 205 Å². The Morgan fingerprint density at radius 1 is 1.21 bits per heavy atom. The third-order valence-electron chi connectivity index (χ3n) is 6.40. The summed E-state index contributed by atoms with van der Waals surface area (Å²) in [7, 11) is -1.93. The number of halogens is 1. The molecule has 0 atom stereocenters. The highest BCUT2D eigenvalue weighted by Crippen LogP contribution is 2.42. The lowest BCUT2D eigenvalue weighted by Crippen LogP contribution is -2.49. The number of rotatable bonds is 6. The first-order valence-electron chi connectivity index (χ1n) is 11.4. The minimum Gasteiger partial charge on any atom is -0.369 e. The number of carbonyl (C=O) groups is 1. The van der Waals surface area contributed by atoms with Crippen LogP contribution in [0.15, 0.2) is 30.6 Å². The minimum absolute atomic E-state index is 0.128. The number of aromatic nitrogens is 2. The van der Waals surface area contributed by atoms with Crippen molar-refractivity contribution in [1.82, 2.24) is 19.8 Å². The zero-order valence-corrected chi connectivity index (χ0v) is 20.9. The van der Waals surface area contributed by atoms with Gasteiger partial charge in [-0.25, -0.2) is 9.97 Å². The van der Waals surface area contributed by atoms with E-state index >= 15 is 0 Å². The predicted molar refractivity (Wildman–Crippen MR) is 135 cm³/mol. The van der Waals surface area contributed by atoms with Crippen LogP contribution in [0, 0.1) is 11.3 Å². The van der Waals surface area contributed by atoms with E-state index in [-0.39, 0.29) is 5.91 Å². The first kappa shape index (κ1) is 24.5. The van der Waals surface area contributed by atoms with Gasteiger partial charge in [-0.05, 0) is 24.9 Å². The molecule has 2 aromatic heterocycles. The maximum absolute atomic E-state index is 13.2. The second kappa shape index (κ2) is 10.7. The summed E-state index contributed by atoms with van der Waals surface area (Å²) >= 11 is 6.33. The average molecular weight is 502 g/mol. The highest BCUT2D eigenvalue weighted by Gasteiger charge is 2.26. The van der Waals surface area contributed by atoms with E-state index in [1.54, 1.807) is 17.2 Å². The van der Waals surface area contributed by atoms with Crippen LogP contribution in [0.25, 0.3) is 0 Å². The number of nitriles is 1. The maximum Gasteiger partial charge on any atom is 0.255 e. The SMILES string of the molecule is CP1(=O)CCN(CCNc2cc(C(=O)N3CCN(c4cccnc4C#N)CC3)c(Cl)cn2)CC1. The van der Waals surface area contributed by atoms with Crippen LogP contribution in [0.5, 0.6) is 0 Å². The van der Waals surface area contributed by atoms with Gasteiger partial charge >= 0.3 is 0 Å². The molecular formula is C23H29ClN7O2P. The molecule has 0 spiro atoms. The molecule has 1 amide bonds. The van der Waals surface area contributed by atoms with E-state index in [2.05, 4.69) is 31.2 Å². The number of hydrogen-bond donors (Lipinski definition) is 1. The molecule has 4 heterocycles. The smallest absolute Gasteiger partial charge is 0.255 e. The second-order valence-corrected chi connectivity index (χ2v) is 12.7. The Hall–Kier alpha value is -2.66. The molecule has 4 rings (SSSR count). The lowest BCUT2D eigenvalue weighted by molar-refractivity contribution is 0.0747. The Balaban J connectivity index is 1.32. The van der Waals surface area contributed by atoms with Crippen molar-refractivity contribution >= 4 is 36.2 Å². The van der Waals surface area contributed by atoms with Crippen molar-refractivity contribution < 1.29 is 9.36 Å². The molecule has 1 N–H and O–H groups in total. The molecule has 180 valence electrons. The van der Waals surface area contributed by atoms with E-state index in [0.29, 0.717) is 54.8 Å². The van der Waals surface area contributed by atoms with Gasteiger partial charge in [-0.15, -0.1) is 0 Å². The van der Waals surface area contributed by atoms with Gasteiger partial charge < -0.3 is 24.6 Å². The quantitative estimate of drug-likeness (QED) is 0.602. The van der Waals surface area contributed by atoms with Crippen molar-refractivity contribution in [2.75, 3.05) is 81.6 Å². The first-order chi connectivity index (χ1) is 16.4. The molecule has 0 unspecified atom stereocenters. The monoisotopic (exact) mass is 501 g/mol. The van der Waals surface area contributed by atoms with Gasteiger partial charge in [-0.3, -0.25) is 4.79 Å². The summed E-state index contributed by atoms with van der Waals surface area (Å²) in [5, 5.41) is 12.9. The molecule has 2 aliphatic heterocycles. The number of anilines is 2. The summed E-state index contributed by atoms with van der Waals surface area (Å²) in [6, 6.07) is 7.53. The Bertz CT molecular complexity index is 1120. The Kier molecular flexibility index (Phi) is 7.72. The van der Waals surface area contributed by atoms with Gasteiger partial charge in [0.15, 0.2) is 5.69 Å². The van der Waals surface area contributed by atoms with E-state index in [9.17, 15) is 14.6 Å². The normalized spacial score (nSPS) is 18.4. The van der Waals surface area contributed by atoms with Crippen LogP contribution in [-0.2, 0) is 4.57 Å². The summed E-state index contributed by atoms with van der Waals surface area (Å²) in [5.74, 6) is 0.482. The number of pyridine rings is 2. The molecule has 0 bridgehead atoms. The summed E-state index contributed by atoms with van der Waals surface area (Å²) in [4.78, 5) is 27.8. The predicted octanol–water partition coefficient (Wildman–Crippen LogP) is 2.68. The van der Waals surface area contributed by atoms with Crippen LogP contribution in [-0.4, -0.2) is 97.0 Å². The van der Waals surface area contributed by atoms with Gasteiger partial charge in [0.05, 0.1) is 23.4 Å². The molecule has 11 heteroatoms. The van der Waals surface area contributed by atoms with Crippen LogP contribution in [0.2, 0.25) is 5.02 Å². The summed E-state index contributed by atoms with van der Waals surface area (Å²) < 4.78 is 12.1. The van der Waals surface area contributed by atoms with Crippen molar-refractivity contribution in [3.8, 4) is 6.07 Å². The van der Waals surface area contributed by atoms with Crippen LogP contribution in [0.1, 0.15) is 16.1 Å². The van der Waals surface area contributed by atoms with E-state index in [0.717, 1.165) is 37.6 Å². The number of hydrogen-bond acceptors (Lipinski definition) is 8. The van der Waals surface area contributed by atoms with Crippen molar-refractivity contribution in [3.05, 3.63) is 46.9 Å². The van der Waals surface area contributed by atoms with Crippen molar-refractivity contribution in [3.63, 3.8) is 0 Å². The molecule has 0 aliphatic carbocycles. The molecule has 2 aromatic rings. The molecule has 0 aromatic carbocycles. The lowest BCUT2D eigenvalue weighted by Gasteiger charge is -2.36. The number of nitrogens with zero attached hydrogens (tertiary/aromatic N) is 6. The largest absolute Gasteiger partial charge is 0.369 e. The summed E-state index contributed by atoms with van der Waals surface area (Å²) in [5.41, 5.74) is 1.61. The van der Waals surface area contributed by atoms with Gasteiger partial charge in [0, 0.05) is 77.1 Å². The Morgan fingerprint density at radius 3 is 2.65 bits per heavy atom. The van der Waals surface area contributed by atoms with Crippen molar-refractivity contribution in [2.24, 2.45) is 0 Å². The van der Waals surface area contributed by atoms with Gasteiger partial charge in [-0.1, -0.05) is 11.6 Å². The maximum atomic E-state index is 13.2. The third kappa shape index (κ3) is 5.87. The zero-order chi connectivity index (χ0) is 24.1. The van der Waals surface area contributed by atoms with E-state index in [1.807, 2.05) is 18.8 Å². The molecular weight excluding hydrogens is 473 g/mol. The van der Waals surface area contributed by atoms with Crippen molar-refractivity contribution in [2.45, 2.75) is 0 Å². The van der Waals surface area contributed by atoms with Crippen LogP contribution < -0.4 is 10.2 Å². The number of carbonyl (C=O) groups excluding carboxylic acids is 1. The van der Waals surface area contributed by atoms with Crippen LogP contribution >= 0.6 is 18.7 Å². The van der Waals surface area contributed by atoms with Gasteiger partial charge in [0.25, 0.3) is 5.91 Å². The standard InChI is InChI=1S/C23H29ClN7O2P/c1-34(33)13-11-29(12-14-34)6-5-27-22-15-18(19(24)17-28-22)23(32)31-9-7-30(8-10-31)21-3-2-4-26-20(21)16-25/h2-4,15,17H,5-14H2,1H3,(H,27,28). The highest BCUT2D eigenvalue weighted by molar-refractivity contribution is 7.63. The number of amides is 1. The Morgan fingerprint density at radius 2 is 1.94 bits per heavy atom. The number of piperazine rings is 1. The van der Waals surface area contributed by atoms with Crippen LogP contribution in [0.4, 0.5) is 11.5 Å². The van der Waals surface area contributed by atoms with Gasteiger partial charge in [-0.2, -0.15) is 5.26 Å². The fourth-order valence-electron chi connectivity index (χ4n) is 4.25. The molecule has 9 nitrogen and oxygen atoms in total. The molecule has 0 saturated carbocycles. The average Bonchev–Trinajstić information content (AvgIpc) is 2.85. The van der Waals surface area contributed by atoms with E-state index in [4.69, 9.17) is 11.6 Å². The molecule has 2 aliphatic rings. The third-order valence-corrected chi connectivity index (χ3v) is 8.99. The lowest BCUT2D eigenvalue weighted by atomic mass is 10.2. The van der Waals surface area contributed by atoms with Gasteiger partial charge in [0.1, 0.15) is 11.9 Å². The fourth-order valence-corrected chi connectivity index (χ4v) is 6.07. The molecule has 2 fully saturated rings. The van der Waals surface area contributed by atoms with Crippen LogP contribution in [0.3, 0.4) is 0 Å².